The Hall–Kier alpha value is -2.80. The summed E-state index contributed by atoms with van der Waals surface area (Å²) in [5.74, 6) is -1.57. The van der Waals surface area contributed by atoms with Crippen LogP contribution in [-0.4, -0.2) is 28.1 Å². The van der Waals surface area contributed by atoms with Crippen LogP contribution in [0.2, 0.25) is 0 Å². The van der Waals surface area contributed by atoms with Gasteiger partial charge in [-0.1, -0.05) is 18.2 Å². The summed E-state index contributed by atoms with van der Waals surface area (Å²) >= 11 is 1.20. The molecule has 1 atom stereocenters. The number of carbonyl (C=O) groups is 3. The number of carboxylic acid groups (broad SMARTS) is 1. The molecule has 0 saturated heterocycles. The summed E-state index contributed by atoms with van der Waals surface area (Å²) in [6, 6.07) is 13.5. The predicted octanol–water partition coefficient (Wildman–Crippen LogP) is 2.83. The van der Waals surface area contributed by atoms with E-state index in [1.807, 2.05) is 6.07 Å². The lowest BCUT2D eigenvalue weighted by Crippen LogP contribution is -2.32. The minimum Gasteiger partial charge on any atom is -0.478 e. The number of para-hydroxylation sites is 1. The SMILES string of the molecule is O=C(CC1Sc2cc(C(=O)O)ccc2NC1=O)Nc1ccccc1. The number of carboxylic acids is 1. The first kappa shape index (κ1) is 16.1. The van der Waals surface area contributed by atoms with Crippen molar-refractivity contribution in [2.24, 2.45) is 0 Å². The maximum atomic E-state index is 12.1. The molecule has 24 heavy (non-hydrogen) atoms. The number of nitrogens with one attached hydrogen (secondary N) is 2. The third-order valence-electron chi connectivity index (χ3n) is 3.48. The number of aromatic carboxylic acids is 1. The van der Waals surface area contributed by atoms with Crippen molar-refractivity contribution in [1.82, 2.24) is 0 Å². The molecule has 0 bridgehead atoms. The minimum absolute atomic E-state index is 0.00212. The molecule has 1 unspecified atom stereocenters. The smallest absolute Gasteiger partial charge is 0.335 e. The number of amides is 2. The standard InChI is InChI=1S/C17H14N2O4S/c20-15(18-11-4-2-1-3-5-11)9-14-16(21)19-12-7-6-10(17(22)23)8-13(12)24-14/h1-8,14H,9H2,(H,18,20)(H,19,21)(H,22,23). The van der Waals surface area contributed by atoms with Gasteiger partial charge in [0.15, 0.2) is 0 Å². The molecular weight excluding hydrogens is 328 g/mol. The summed E-state index contributed by atoms with van der Waals surface area (Å²) in [4.78, 5) is 35.9. The van der Waals surface area contributed by atoms with Crippen molar-refractivity contribution in [3.05, 3.63) is 54.1 Å². The first-order chi connectivity index (χ1) is 11.5. The quantitative estimate of drug-likeness (QED) is 0.794. The molecule has 2 aromatic rings. The molecule has 1 heterocycles. The normalized spacial score (nSPS) is 16.0. The van der Waals surface area contributed by atoms with E-state index in [2.05, 4.69) is 10.6 Å². The zero-order valence-electron chi connectivity index (χ0n) is 12.5. The van der Waals surface area contributed by atoms with Crippen LogP contribution in [0.3, 0.4) is 0 Å². The summed E-state index contributed by atoms with van der Waals surface area (Å²) in [5.41, 5.74) is 1.37. The molecule has 2 amide bonds. The number of thioether (sulfide) groups is 1. The van der Waals surface area contributed by atoms with Gasteiger partial charge in [-0.25, -0.2) is 4.79 Å². The van der Waals surface area contributed by atoms with E-state index in [9.17, 15) is 14.4 Å². The fraction of sp³-hybridized carbons (Fsp3) is 0.118. The van der Waals surface area contributed by atoms with Crippen molar-refractivity contribution < 1.29 is 19.5 Å². The zero-order valence-corrected chi connectivity index (χ0v) is 13.3. The van der Waals surface area contributed by atoms with Gasteiger partial charge in [0.2, 0.25) is 11.8 Å². The van der Waals surface area contributed by atoms with Gasteiger partial charge in [-0.05, 0) is 30.3 Å². The number of carbonyl (C=O) groups excluding carboxylic acids is 2. The Morgan fingerprint density at radius 2 is 1.92 bits per heavy atom. The van der Waals surface area contributed by atoms with Gasteiger partial charge in [0.1, 0.15) is 0 Å². The summed E-state index contributed by atoms with van der Waals surface area (Å²) < 4.78 is 0. The first-order valence-corrected chi connectivity index (χ1v) is 8.10. The van der Waals surface area contributed by atoms with Crippen molar-refractivity contribution in [2.75, 3.05) is 10.6 Å². The molecule has 0 saturated carbocycles. The molecule has 0 aliphatic carbocycles. The minimum atomic E-state index is -1.03. The number of hydrogen-bond acceptors (Lipinski definition) is 4. The molecule has 2 aromatic carbocycles. The Kier molecular flexibility index (Phi) is 4.52. The highest BCUT2D eigenvalue weighted by atomic mass is 32.2. The Labute approximate surface area is 142 Å². The summed E-state index contributed by atoms with van der Waals surface area (Å²) in [5, 5.41) is 13.9. The van der Waals surface area contributed by atoms with E-state index in [1.165, 1.54) is 23.9 Å². The Morgan fingerprint density at radius 1 is 1.17 bits per heavy atom. The predicted molar refractivity (Wildman–Crippen MR) is 91.4 cm³/mol. The third kappa shape index (κ3) is 3.57. The second-order valence-electron chi connectivity index (χ2n) is 5.23. The maximum absolute atomic E-state index is 12.1. The lowest BCUT2D eigenvalue weighted by atomic mass is 10.2. The third-order valence-corrected chi connectivity index (χ3v) is 4.73. The molecule has 3 N–H and O–H groups in total. The van der Waals surface area contributed by atoms with Crippen molar-refractivity contribution in [1.29, 1.82) is 0 Å². The van der Waals surface area contributed by atoms with Gasteiger partial charge >= 0.3 is 5.97 Å². The lowest BCUT2D eigenvalue weighted by Gasteiger charge is -2.24. The van der Waals surface area contributed by atoms with Crippen molar-refractivity contribution >= 4 is 40.9 Å². The van der Waals surface area contributed by atoms with E-state index in [0.717, 1.165) is 0 Å². The fourth-order valence-electron chi connectivity index (χ4n) is 2.31. The fourth-order valence-corrected chi connectivity index (χ4v) is 3.46. The average molecular weight is 342 g/mol. The average Bonchev–Trinajstić information content (AvgIpc) is 2.56. The molecule has 1 aliphatic rings. The van der Waals surface area contributed by atoms with E-state index in [1.54, 1.807) is 30.3 Å². The first-order valence-electron chi connectivity index (χ1n) is 7.22. The maximum Gasteiger partial charge on any atom is 0.335 e. The van der Waals surface area contributed by atoms with E-state index >= 15 is 0 Å². The molecular formula is C17H14N2O4S. The van der Waals surface area contributed by atoms with Crippen LogP contribution in [0.15, 0.2) is 53.4 Å². The van der Waals surface area contributed by atoms with Crippen LogP contribution in [0.1, 0.15) is 16.8 Å². The largest absolute Gasteiger partial charge is 0.478 e. The number of rotatable bonds is 4. The van der Waals surface area contributed by atoms with Crippen molar-refractivity contribution in [3.8, 4) is 0 Å². The molecule has 6 nitrogen and oxygen atoms in total. The highest BCUT2D eigenvalue weighted by molar-refractivity contribution is 8.01. The molecule has 0 fully saturated rings. The molecule has 3 rings (SSSR count). The van der Waals surface area contributed by atoms with Crippen LogP contribution in [0.25, 0.3) is 0 Å². The highest BCUT2D eigenvalue weighted by Crippen LogP contribution is 2.37. The van der Waals surface area contributed by atoms with E-state index in [-0.39, 0.29) is 23.8 Å². The Bertz CT molecular complexity index is 807. The van der Waals surface area contributed by atoms with E-state index in [0.29, 0.717) is 16.3 Å². The van der Waals surface area contributed by atoms with Crippen LogP contribution in [-0.2, 0) is 9.59 Å². The summed E-state index contributed by atoms with van der Waals surface area (Å²) in [6.07, 6.45) is 0.00212. The second kappa shape index (κ2) is 6.76. The number of anilines is 2. The van der Waals surface area contributed by atoms with Crippen molar-refractivity contribution in [3.63, 3.8) is 0 Å². The molecule has 0 aromatic heterocycles. The van der Waals surface area contributed by atoms with Crippen LogP contribution < -0.4 is 10.6 Å². The van der Waals surface area contributed by atoms with Gasteiger partial charge in [0.25, 0.3) is 0 Å². The van der Waals surface area contributed by atoms with Crippen LogP contribution in [0.5, 0.6) is 0 Å². The van der Waals surface area contributed by atoms with E-state index in [4.69, 9.17) is 5.11 Å². The lowest BCUT2D eigenvalue weighted by molar-refractivity contribution is -0.120. The van der Waals surface area contributed by atoms with Crippen LogP contribution in [0.4, 0.5) is 11.4 Å². The van der Waals surface area contributed by atoms with Crippen molar-refractivity contribution in [2.45, 2.75) is 16.6 Å². The number of fused-ring (bicyclic) bond motifs is 1. The molecule has 122 valence electrons. The second-order valence-corrected chi connectivity index (χ2v) is 6.47. The highest BCUT2D eigenvalue weighted by Gasteiger charge is 2.29. The van der Waals surface area contributed by atoms with Gasteiger partial charge in [-0.2, -0.15) is 0 Å². The van der Waals surface area contributed by atoms with E-state index < -0.39 is 11.2 Å². The van der Waals surface area contributed by atoms with Gasteiger partial charge in [-0.3, -0.25) is 9.59 Å². The topological polar surface area (TPSA) is 95.5 Å². The summed E-state index contributed by atoms with van der Waals surface area (Å²) in [7, 11) is 0. The summed E-state index contributed by atoms with van der Waals surface area (Å²) in [6.45, 7) is 0. The monoisotopic (exact) mass is 342 g/mol. The zero-order chi connectivity index (χ0) is 17.1. The number of hydrogen-bond donors (Lipinski definition) is 3. The van der Waals surface area contributed by atoms with Gasteiger partial charge in [-0.15, -0.1) is 11.8 Å². The van der Waals surface area contributed by atoms with Crippen LogP contribution in [0, 0.1) is 0 Å². The Balaban J connectivity index is 1.71. The number of benzene rings is 2. The molecule has 1 aliphatic heterocycles. The van der Waals surface area contributed by atoms with Gasteiger partial charge in [0.05, 0.1) is 16.5 Å². The van der Waals surface area contributed by atoms with Gasteiger partial charge < -0.3 is 15.7 Å². The molecule has 0 radical (unpaired) electrons. The van der Waals surface area contributed by atoms with Gasteiger partial charge in [0, 0.05) is 17.0 Å². The molecule has 7 heteroatoms. The van der Waals surface area contributed by atoms with Crippen LogP contribution >= 0.6 is 11.8 Å². The molecule has 0 spiro atoms. The Morgan fingerprint density at radius 3 is 2.62 bits per heavy atom.